The zero-order valence-electron chi connectivity index (χ0n) is 15.6. The second kappa shape index (κ2) is 10.1. The second-order valence-corrected chi connectivity index (χ2v) is 5.55. The minimum atomic E-state index is -0.782. The van der Waals surface area contributed by atoms with Crippen molar-refractivity contribution < 1.29 is 28.5 Å². The lowest BCUT2D eigenvalue weighted by atomic mass is 10.2. The van der Waals surface area contributed by atoms with E-state index in [1.165, 1.54) is 14.2 Å². The van der Waals surface area contributed by atoms with Gasteiger partial charge in [0.05, 0.1) is 19.9 Å². The molecule has 0 aliphatic carbocycles. The van der Waals surface area contributed by atoms with Crippen molar-refractivity contribution in [2.75, 3.05) is 26.1 Å². The van der Waals surface area contributed by atoms with E-state index >= 15 is 0 Å². The molecule has 0 aliphatic rings. The van der Waals surface area contributed by atoms with Crippen LogP contribution in [0.3, 0.4) is 0 Å². The Balaban J connectivity index is 1.89. The molecule has 0 saturated carbocycles. The fourth-order valence-electron chi connectivity index (χ4n) is 2.28. The normalized spacial score (nSPS) is 11.2. The van der Waals surface area contributed by atoms with Crippen LogP contribution < -0.4 is 19.5 Å². The van der Waals surface area contributed by atoms with Crippen LogP contribution in [0.25, 0.3) is 0 Å². The Morgan fingerprint density at radius 1 is 1.00 bits per heavy atom. The van der Waals surface area contributed by atoms with Crippen molar-refractivity contribution in [1.29, 1.82) is 0 Å². The van der Waals surface area contributed by atoms with Crippen LogP contribution in [-0.2, 0) is 14.3 Å². The van der Waals surface area contributed by atoms with Gasteiger partial charge in [0.15, 0.2) is 12.7 Å². The topological polar surface area (TPSA) is 83.1 Å². The summed E-state index contributed by atoms with van der Waals surface area (Å²) in [4.78, 5) is 24.3. The Hall–Kier alpha value is -3.22. The van der Waals surface area contributed by atoms with Gasteiger partial charge in [0.2, 0.25) is 0 Å². The lowest BCUT2D eigenvalue weighted by Gasteiger charge is -2.16. The van der Waals surface area contributed by atoms with Crippen LogP contribution in [0.2, 0.25) is 0 Å². The molecule has 0 saturated heterocycles. The predicted molar refractivity (Wildman–Crippen MR) is 100 cm³/mol. The summed E-state index contributed by atoms with van der Waals surface area (Å²) in [7, 11) is 3.02. The van der Waals surface area contributed by atoms with Crippen molar-refractivity contribution >= 4 is 17.6 Å². The SMILES string of the molecule is CC[C@H](Oc1ccccc1)C(=O)OCC(=O)Nc1ccc(OC)cc1OC. The van der Waals surface area contributed by atoms with Gasteiger partial charge >= 0.3 is 5.97 Å². The average Bonchev–Trinajstić information content (AvgIpc) is 2.71. The molecule has 27 heavy (non-hydrogen) atoms. The molecule has 7 nitrogen and oxygen atoms in total. The summed E-state index contributed by atoms with van der Waals surface area (Å²) in [6.07, 6.45) is -0.363. The highest BCUT2D eigenvalue weighted by Crippen LogP contribution is 2.28. The second-order valence-electron chi connectivity index (χ2n) is 5.55. The van der Waals surface area contributed by atoms with E-state index in [2.05, 4.69) is 5.32 Å². The molecule has 0 unspecified atom stereocenters. The number of hydrogen-bond acceptors (Lipinski definition) is 6. The highest BCUT2D eigenvalue weighted by Gasteiger charge is 2.21. The average molecular weight is 373 g/mol. The quantitative estimate of drug-likeness (QED) is 0.680. The fourth-order valence-corrected chi connectivity index (χ4v) is 2.28. The number of benzene rings is 2. The fraction of sp³-hybridized carbons (Fsp3) is 0.300. The minimum Gasteiger partial charge on any atom is -0.497 e. The van der Waals surface area contributed by atoms with E-state index in [4.69, 9.17) is 18.9 Å². The third kappa shape index (κ3) is 5.91. The van der Waals surface area contributed by atoms with Crippen LogP contribution in [0, 0.1) is 0 Å². The summed E-state index contributed by atoms with van der Waals surface area (Å²) in [6.45, 7) is 1.37. The molecular formula is C20H23NO6. The van der Waals surface area contributed by atoms with Crippen molar-refractivity contribution in [2.45, 2.75) is 19.4 Å². The van der Waals surface area contributed by atoms with E-state index in [1.807, 2.05) is 18.2 Å². The van der Waals surface area contributed by atoms with E-state index in [-0.39, 0.29) is 0 Å². The Morgan fingerprint density at radius 3 is 2.37 bits per heavy atom. The van der Waals surface area contributed by atoms with E-state index in [0.29, 0.717) is 29.4 Å². The summed E-state index contributed by atoms with van der Waals surface area (Å²) in [5.41, 5.74) is 0.451. The highest BCUT2D eigenvalue weighted by molar-refractivity contribution is 5.94. The summed E-state index contributed by atoms with van der Waals surface area (Å²) in [5, 5.41) is 2.64. The van der Waals surface area contributed by atoms with Crippen LogP contribution in [0.5, 0.6) is 17.2 Å². The minimum absolute atomic E-state index is 0.418. The first kappa shape index (κ1) is 20.1. The smallest absolute Gasteiger partial charge is 0.347 e. The van der Waals surface area contributed by atoms with Crippen molar-refractivity contribution in [3.05, 3.63) is 48.5 Å². The van der Waals surface area contributed by atoms with E-state index in [0.717, 1.165) is 0 Å². The lowest BCUT2D eigenvalue weighted by molar-refractivity contribution is -0.154. The molecule has 2 rings (SSSR count). The van der Waals surface area contributed by atoms with Crippen molar-refractivity contribution in [1.82, 2.24) is 0 Å². The zero-order valence-corrected chi connectivity index (χ0v) is 15.6. The molecule has 0 bridgehead atoms. The summed E-state index contributed by atoms with van der Waals surface area (Å²) in [5.74, 6) is 0.515. The monoisotopic (exact) mass is 373 g/mol. The number of para-hydroxylation sites is 1. The Labute approximate surface area is 158 Å². The number of nitrogens with one attached hydrogen (secondary N) is 1. The Bertz CT molecular complexity index is 762. The van der Waals surface area contributed by atoms with Gasteiger partial charge in [0.25, 0.3) is 5.91 Å². The van der Waals surface area contributed by atoms with Gasteiger partial charge < -0.3 is 24.3 Å². The maximum atomic E-state index is 12.2. The van der Waals surface area contributed by atoms with Gasteiger partial charge in [-0.1, -0.05) is 25.1 Å². The molecule has 0 aliphatic heterocycles. The number of methoxy groups -OCH3 is 2. The molecule has 0 radical (unpaired) electrons. The van der Waals surface area contributed by atoms with Gasteiger partial charge in [-0.3, -0.25) is 4.79 Å². The number of esters is 1. The van der Waals surface area contributed by atoms with E-state index in [1.54, 1.807) is 37.3 Å². The van der Waals surface area contributed by atoms with Gasteiger partial charge in [0.1, 0.15) is 17.2 Å². The standard InChI is InChI=1S/C20H23NO6/c1-4-17(27-14-8-6-5-7-9-14)20(23)26-13-19(22)21-16-11-10-15(24-2)12-18(16)25-3/h5-12,17H,4,13H2,1-3H3,(H,21,22)/t17-/m0/s1. The summed E-state index contributed by atoms with van der Waals surface area (Å²) in [6, 6.07) is 13.9. The number of ether oxygens (including phenoxy) is 4. The van der Waals surface area contributed by atoms with E-state index < -0.39 is 24.6 Å². The molecule has 1 N–H and O–H groups in total. The maximum Gasteiger partial charge on any atom is 0.347 e. The maximum absolute atomic E-state index is 12.2. The highest BCUT2D eigenvalue weighted by atomic mass is 16.6. The molecule has 0 aromatic heterocycles. The molecule has 0 spiro atoms. The van der Waals surface area contributed by atoms with Gasteiger partial charge in [-0.25, -0.2) is 4.79 Å². The first-order chi connectivity index (χ1) is 13.1. The third-order valence-corrected chi connectivity index (χ3v) is 3.68. The number of carbonyl (C=O) groups is 2. The molecule has 0 fully saturated rings. The van der Waals surface area contributed by atoms with Gasteiger partial charge in [-0.2, -0.15) is 0 Å². The number of anilines is 1. The van der Waals surface area contributed by atoms with Crippen LogP contribution in [0.1, 0.15) is 13.3 Å². The molecule has 7 heteroatoms. The van der Waals surface area contributed by atoms with Crippen LogP contribution in [0.15, 0.2) is 48.5 Å². The number of hydrogen-bond donors (Lipinski definition) is 1. The molecule has 2 aromatic rings. The van der Waals surface area contributed by atoms with Crippen molar-refractivity contribution in [3.8, 4) is 17.2 Å². The number of amides is 1. The van der Waals surface area contributed by atoms with Gasteiger partial charge in [-0.05, 0) is 30.7 Å². The molecular weight excluding hydrogens is 350 g/mol. The van der Waals surface area contributed by atoms with Gasteiger partial charge in [0, 0.05) is 6.07 Å². The molecule has 1 amide bonds. The number of rotatable bonds is 9. The zero-order chi connectivity index (χ0) is 19.6. The molecule has 144 valence electrons. The third-order valence-electron chi connectivity index (χ3n) is 3.68. The van der Waals surface area contributed by atoms with Crippen LogP contribution >= 0.6 is 0 Å². The molecule has 1 atom stereocenters. The Kier molecular flexibility index (Phi) is 7.49. The van der Waals surface area contributed by atoms with Crippen molar-refractivity contribution in [2.24, 2.45) is 0 Å². The van der Waals surface area contributed by atoms with E-state index in [9.17, 15) is 9.59 Å². The van der Waals surface area contributed by atoms with Gasteiger partial charge in [-0.15, -0.1) is 0 Å². The van der Waals surface area contributed by atoms with Crippen LogP contribution in [0.4, 0.5) is 5.69 Å². The predicted octanol–water partition coefficient (Wildman–Crippen LogP) is 3.04. The lowest BCUT2D eigenvalue weighted by Crippen LogP contribution is -2.31. The molecule has 2 aromatic carbocycles. The first-order valence-corrected chi connectivity index (χ1v) is 8.47. The first-order valence-electron chi connectivity index (χ1n) is 8.47. The number of carbonyl (C=O) groups excluding carboxylic acids is 2. The van der Waals surface area contributed by atoms with Crippen LogP contribution in [-0.4, -0.2) is 38.8 Å². The Morgan fingerprint density at radius 2 is 1.74 bits per heavy atom. The summed E-state index contributed by atoms with van der Waals surface area (Å²) < 4.78 is 21.0. The molecule has 0 heterocycles. The largest absolute Gasteiger partial charge is 0.497 e. The summed E-state index contributed by atoms with van der Waals surface area (Å²) >= 11 is 0. The van der Waals surface area contributed by atoms with Crippen molar-refractivity contribution in [3.63, 3.8) is 0 Å².